The van der Waals surface area contributed by atoms with Crippen molar-refractivity contribution in [2.24, 2.45) is 5.10 Å². The fourth-order valence-corrected chi connectivity index (χ4v) is 3.13. The highest BCUT2D eigenvalue weighted by molar-refractivity contribution is 9.10. The first kappa shape index (κ1) is 24.5. The molecule has 9 nitrogen and oxygen atoms in total. The highest BCUT2D eigenvalue weighted by Gasteiger charge is 2.16. The zero-order valence-electron chi connectivity index (χ0n) is 18.2. The number of carbonyl (C=O) groups is 3. The second-order valence-electron chi connectivity index (χ2n) is 6.66. The van der Waals surface area contributed by atoms with Gasteiger partial charge in [-0.05, 0) is 48.5 Å². The van der Waals surface area contributed by atoms with Crippen LogP contribution in [-0.4, -0.2) is 38.2 Å². The molecule has 174 valence electrons. The third-order valence-electron chi connectivity index (χ3n) is 4.40. The first-order valence-corrected chi connectivity index (χ1v) is 10.6. The SMILES string of the molecule is COc1ccc(C(=O)Oc2ccc(Br)cc2/C=N/NC(=O)C(=O)Nc2ccccc2)cc1OC. The number of anilines is 1. The third kappa shape index (κ3) is 6.42. The molecule has 0 aliphatic carbocycles. The second-order valence-corrected chi connectivity index (χ2v) is 7.58. The normalized spacial score (nSPS) is 10.4. The monoisotopic (exact) mass is 525 g/mol. The standard InChI is InChI=1S/C24H20BrN3O6/c1-32-20-10-8-15(13-21(20)33-2)24(31)34-19-11-9-17(25)12-16(19)14-26-28-23(30)22(29)27-18-6-4-3-5-7-18/h3-14H,1-2H3,(H,27,29)(H,28,30)/b26-14+. The van der Waals surface area contributed by atoms with E-state index in [4.69, 9.17) is 14.2 Å². The molecule has 10 heteroatoms. The quantitative estimate of drug-likeness (QED) is 0.159. The van der Waals surface area contributed by atoms with Gasteiger partial charge in [0, 0.05) is 15.7 Å². The van der Waals surface area contributed by atoms with Crippen LogP contribution in [0.3, 0.4) is 0 Å². The van der Waals surface area contributed by atoms with Crippen LogP contribution < -0.4 is 25.0 Å². The van der Waals surface area contributed by atoms with Gasteiger partial charge in [0.1, 0.15) is 5.75 Å². The summed E-state index contributed by atoms with van der Waals surface area (Å²) < 4.78 is 16.6. The average Bonchev–Trinajstić information content (AvgIpc) is 2.85. The molecule has 0 spiro atoms. The Hall–Kier alpha value is -4.18. The summed E-state index contributed by atoms with van der Waals surface area (Å²) in [5.41, 5.74) is 3.24. The first-order chi connectivity index (χ1) is 16.4. The minimum absolute atomic E-state index is 0.190. The molecular formula is C24H20BrN3O6. The summed E-state index contributed by atoms with van der Waals surface area (Å²) in [6.45, 7) is 0. The molecule has 0 fully saturated rings. The van der Waals surface area contributed by atoms with Crippen LogP contribution in [0.4, 0.5) is 5.69 Å². The van der Waals surface area contributed by atoms with Crippen molar-refractivity contribution in [1.29, 1.82) is 0 Å². The summed E-state index contributed by atoms with van der Waals surface area (Å²) in [5.74, 6) is -1.43. The summed E-state index contributed by atoms with van der Waals surface area (Å²) >= 11 is 3.34. The highest BCUT2D eigenvalue weighted by atomic mass is 79.9. The maximum Gasteiger partial charge on any atom is 0.343 e. The van der Waals surface area contributed by atoms with E-state index in [1.807, 2.05) is 0 Å². The van der Waals surface area contributed by atoms with Crippen molar-refractivity contribution in [3.63, 3.8) is 0 Å². The number of hydrogen-bond donors (Lipinski definition) is 2. The van der Waals surface area contributed by atoms with Gasteiger partial charge in [-0.15, -0.1) is 0 Å². The van der Waals surface area contributed by atoms with Gasteiger partial charge in [-0.3, -0.25) is 9.59 Å². The average molecular weight is 526 g/mol. The van der Waals surface area contributed by atoms with Gasteiger partial charge < -0.3 is 19.5 Å². The van der Waals surface area contributed by atoms with Crippen LogP contribution in [0.5, 0.6) is 17.2 Å². The topological polar surface area (TPSA) is 115 Å². The van der Waals surface area contributed by atoms with E-state index < -0.39 is 17.8 Å². The van der Waals surface area contributed by atoms with E-state index in [2.05, 4.69) is 31.8 Å². The number of nitrogens with zero attached hydrogens (tertiary/aromatic N) is 1. The van der Waals surface area contributed by atoms with Crippen LogP contribution in [-0.2, 0) is 9.59 Å². The molecule has 3 aromatic carbocycles. The number of hydrogen-bond acceptors (Lipinski definition) is 7. The zero-order valence-corrected chi connectivity index (χ0v) is 19.8. The lowest BCUT2D eigenvalue weighted by Gasteiger charge is -2.11. The number of amides is 2. The fourth-order valence-electron chi connectivity index (χ4n) is 2.76. The molecule has 0 aliphatic heterocycles. The smallest absolute Gasteiger partial charge is 0.343 e. The molecular weight excluding hydrogens is 506 g/mol. The molecule has 0 radical (unpaired) electrons. The van der Waals surface area contributed by atoms with E-state index >= 15 is 0 Å². The molecule has 2 amide bonds. The van der Waals surface area contributed by atoms with Crippen LogP contribution in [0.2, 0.25) is 0 Å². The number of rotatable bonds is 7. The van der Waals surface area contributed by atoms with Crippen molar-refractivity contribution >= 4 is 45.6 Å². The van der Waals surface area contributed by atoms with Gasteiger partial charge >= 0.3 is 17.8 Å². The molecule has 2 N–H and O–H groups in total. The zero-order chi connectivity index (χ0) is 24.5. The van der Waals surface area contributed by atoms with Gasteiger partial charge in [-0.2, -0.15) is 5.10 Å². The van der Waals surface area contributed by atoms with Gasteiger partial charge in [0.2, 0.25) is 0 Å². The van der Waals surface area contributed by atoms with Crippen molar-refractivity contribution in [2.45, 2.75) is 0 Å². The Bertz CT molecular complexity index is 1230. The first-order valence-electron chi connectivity index (χ1n) is 9.84. The predicted octanol–water partition coefficient (Wildman–Crippen LogP) is 3.77. The molecule has 0 aromatic heterocycles. The summed E-state index contributed by atoms with van der Waals surface area (Å²) in [4.78, 5) is 36.7. The molecule has 0 atom stereocenters. The number of para-hydroxylation sites is 1. The van der Waals surface area contributed by atoms with E-state index in [0.717, 1.165) is 0 Å². The Labute approximate surface area is 203 Å². The number of hydrazone groups is 1. The Morgan fingerprint density at radius 3 is 2.26 bits per heavy atom. The van der Waals surface area contributed by atoms with Crippen LogP contribution >= 0.6 is 15.9 Å². The van der Waals surface area contributed by atoms with Gasteiger partial charge in [-0.1, -0.05) is 34.1 Å². The molecule has 0 bridgehead atoms. The maximum atomic E-state index is 12.7. The number of ether oxygens (including phenoxy) is 3. The van der Waals surface area contributed by atoms with Crippen molar-refractivity contribution in [1.82, 2.24) is 5.43 Å². The minimum atomic E-state index is -0.959. The highest BCUT2D eigenvalue weighted by Crippen LogP contribution is 2.29. The van der Waals surface area contributed by atoms with Gasteiger partial charge in [0.15, 0.2) is 11.5 Å². The van der Waals surface area contributed by atoms with E-state index in [1.54, 1.807) is 60.7 Å². The largest absolute Gasteiger partial charge is 0.493 e. The van der Waals surface area contributed by atoms with E-state index in [0.29, 0.717) is 27.2 Å². The molecule has 3 rings (SSSR count). The van der Waals surface area contributed by atoms with Gasteiger partial charge in [0.25, 0.3) is 0 Å². The fraction of sp³-hybridized carbons (Fsp3) is 0.0833. The molecule has 3 aromatic rings. The summed E-state index contributed by atoms with van der Waals surface area (Å²) in [5, 5.41) is 6.25. The van der Waals surface area contributed by atoms with Crippen molar-refractivity contribution in [3.8, 4) is 17.2 Å². The Morgan fingerprint density at radius 2 is 1.56 bits per heavy atom. The van der Waals surface area contributed by atoms with Crippen LogP contribution in [0, 0.1) is 0 Å². The van der Waals surface area contributed by atoms with Crippen LogP contribution in [0.1, 0.15) is 15.9 Å². The van der Waals surface area contributed by atoms with E-state index in [1.165, 1.54) is 26.5 Å². The van der Waals surface area contributed by atoms with Gasteiger partial charge in [0.05, 0.1) is 26.0 Å². The minimum Gasteiger partial charge on any atom is -0.493 e. The Morgan fingerprint density at radius 1 is 0.853 bits per heavy atom. The van der Waals surface area contributed by atoms with E-state index in [9.17, 15) is 14.4 Å². The summed E-state index contributed by atoms with van der Waals surface area (Å²) in [6, 6.07) is 18.0. The summed E-state index contributed by atoms with van der Waals surface area (Å²) in [7, 11) is 2.96. The molecule has 34 heavy (non-hydrogen) atoms. The number of halogens is 1. The van der Waals surface area contributed by atoms with Crippen molar-refractivity contribution in [2.75, 3.05) is 19.5 Å². The number of benzene rings is 3. The number of carbonyl (C=O) groups excluding carboxylic acids is 3. The van der Waals surface area contributed by atoms with Gasteiger partial charge in [-0.25, -0.2) is 10.2 Å². The third-order valence-corrected chi connectivity index (χ3v) is 4.89. The summed E-state index contributed by atoms with van der Waals surface area (Å²) in [6.07, 6.45) is 1.26. The second kappa shape index (κ2) is 11.6. The van der Waals surface area contributed by atoms with Crippen molar-refractivity contribution in [3.05, 3.63) is 82.3 Å². The van der Waals surface area contributed by atoms with Crippen LogP contribution in [0.15, 0.2) is 76.3 Å². The van der Waals surface area contributed by atoms with Crippen LogP contribution in [0.25, 0.3) is 0 Å². The molecule has 0 saturated heterocycles. The number of esters is 1. The number of nitrogens with one attached hydrogen (secondary N) is 2. The number of methoxy groups -OCH3 is 2. The lowest BCUT2D eigenvalue weighted by molar-refractivity contribution is -0.136. The lowest BCUT2D eigenvalue weighted by Crippen LogP contribution is -2.32. The molecule has 0 saturated carbocycles. The molecule has 0 aliphatic rings. The predicted molar refractivity (Wildman–Crippen MR) is 129 cm³/mol. The lowest BCUT2D eigenvalue weighted by atomic mass is 10.2. The molecule has 0 unspecified atom stereocenters. The Balaban J connectivity index is 1.70. The molecule has 0 heterocycles. The Kier molecular flexibility index (Phi) is 8.36. The van der Waals surface area contributed by atoms with E-state index in [-0.39, 0.29) is 11.3 Å². The van der Waals surface area contributed by atoms with Crippen molar-refractivity contribution < 1.29 is 28.6 Å². The maximum absolute atomic E-state index is 12.7.